The summed E-state index contributed by atoms with van der Waals surface area (Å²) in [6, 6.07) is 0. The van der Waals surface area contributed by atoms with Gasteiger partial charge in [0.15, 0.2) is 6.10 Å². The zero-order valence-electron chi connectivity index (χ0n) is 34.9. The Hall–Kier alpha value is -1.52. The molecule has 0 bridgehead atoms. The Labute approximate surface area is 345 Å². The predicted octanol–water partition coefficient (Wildman–Crippen LogP) is 6.57. The molecular formula is C40H74O16P2. The molecule has 1 unspecified atom stereocenters. The highest BCUT2D eigenvalue weighted by Crippen LogP contribution is 2.44. The maximum atomic E-state index is 12.7. The minimum absolute atomic E-state index is 0.0440. The summed E-state index contributed by atoms with van der Waals surface area (Å²) >= 11 is 0. The normalized spacial score (nSPS) is 21.4. The van der Waals surface area contributed by atoms with Gasteiger partial charge >= 0.3 is 27.6 Å². The minimum Gasteiger partial charge on any atom is -0.462 e. The molecule has 18 heteroatoms. The molecule has 0 aromatic carbocycles. The fourth-order valence-corrected chi connectivity index (χ4v) is 7.68. The Kier molecular flexibility index (Phi) is 29.5. The topological polar surface area (TPSA) is 256 Å². The molecule has 0 radical (unpaired) electrons. The lowest BCUT2D eigenvalue weighted by Gasteiger charge is -2.20. The zero-order valence-corrected chi connectivity index (χ0v) is 36.7. The second kappa shape index (κ2) is 31.3. The standard InChI is InChI=1S/C40H74O16P2/c1-4-5-14-20-32(41)24-25-36-35(37(43)26-38(36)44)21-16-12-13-18-23-40(46)56-34(30-55-58(50,51)54-28-33(42)27-53-57(47,48)49)29-52-39(45)22-17-11-9-7-6-8-10-15-19-31(2)3/h12,16,24-25,31-38,41-44H,4-11,13-15,17-23,26-30H2,1-3H3,(H,50,51)(H2,47,48,49)/b16-12+,25-24+/t32-,33-,34+,35+,36+,37-,38+/m0/s1. The van der Waals surface area contributed by atoms with Crippen LogP contribution in [0.4, 0.5) is 0 Å². The van der Waals surface area contributed by atoms with E-state index in [1.807, 2.05) is 12.2 Å². The molecule has 58 heavy (non-hydrogen) atoms. The molecular weight excluding hydrogens is 798 g/mol. The molecule has 0 spiro atoms. The van der Waals surface area contributed by atoms with Crippen LogP contribution in [-0.2, 0) is 41.8 Å². The summed E-state index contributed by atoms with van der Waals surface area (Å²) in [7, 11) is -9.76. The first kappa shape index (κ1) is 54.5. The molecule has 8 atom stereocenters. The third kappa shape index (κ3) is 28.9. The van der Waals surface area contributed by atoms with Crippen molar-refractivity contribution < 1.29 is 76.9 Å². The van der Waals surface area contributed by atoms with Gasteiger partial charge in [0.25, 0.3) is 0 Å². The van der Waals surface area contributed by atoms with Crippen LogP contribution in [0.2, 0.25) is 0 Å². The van der Waals surface area contributed by atoms with Crippen molar-refractivity contribution in [2.75, 3.05) is 26.4 Å². The van der Waals surface area contributed by atoms with Crippen molar-refractivity contribution in [1.82, 2.24) is 0 Å². The molecule has 0 aromatic heterocycles. The van der Waals surface area contributed by atoms with E-state index < -0.39 is 84.5 Å². The van der Waals surface area contributed by atoms with E-state index in [0.29, 0.717) is 32.1 Å². The Morgan fingerprint density at radius 2 is 1.33 bits per heavy atom. The van der Waals surface area contributed by atoms with E-state index in [4.69, 9.17) is 23.8 Å². The second-order valence-corrected chi connectivity index (χ2v) is 18.4. The Morgan fingerprint density at radius 1 is 0.724 bits per heavy atom. The predicted molar refractivity (Wildman–Crippen MR) is 218 cm³/mol. The molecule has 1 rings (SSSR count). The Balaban J connectivity index is 2.62. The van der Waals surface area contributed by atoms with Gasteiger partial charge in [-0.1, -0.05) is 116 Å². The molecule has 7 N–H and O–H groups in total. The van der Waals surface area contributed by atoms with Crippen LogP contribution in [0.5, 0.6) is 0 Å². The van der Waals surface area contributed by atoms with Crippen molar-refractivity contribution in [2.45, 2.75) is 173 Å². The van der Waals surface area contributed by atoms with Gasteiger partial charge < -0.3 is 44.6 Å². The van der Waals surface area contributed by atoms with Crippen molar-refractivity contribution in [3.05, 3.63) is 24.3 Å². The van der Waals surface area contributed by atoms with Gasteiger partial charge in [0.1, 0.15) is 12.7 Å². The molecule has 0 saturated heterocycles. The molecule has 1 saturated carbocycles. The number of carbonyl (C=O) groups is 2. The number of aliphatic hydroxyl groups excluding tert-OH is 4. The van der Waals surface area contributed by atoms with Gasteiger partial charge in [0.2, 0.25) is 0 Å². The molecule has 1 aliphatic rings. The van der Waals surface area contributed by atoms with Gasteiger partial charge in [-0.25, -0.2) is 9.13 Å². The molecule has 0 aliphatic heterocycles. The van der Waals surface area contributed by atoms with E-state index in [1.165, 1.54) is 25.7 Å². The number of hydrogen-bond donors (Lipinski definition) is 7. The van der Waals surface area contributed by atoms with Crippen molar-refractivity contribution >= 4 is 27.6 Å². The van der Waals surface area contributed by atoms with E-state index in [0.717, 1.165) is 50.9 Å². The highest BCUT2D eigenvalue weighted by molar-refractivity contribution is 7.47. The van der Waals surface area contributed by atoms with Crippen molar-refractivity contribution in [3.63, 3.8) is 0 Å². The van der Waals surface area contributed by atoms with Crippen LogP contribution < -0.4 is 0 Å². The average molecular weight is 873 g/mol. The number of carbonyl (C=O) groups excluding carboxylic acids is 2. The summed E-state index contributed by atoms with van der Waals surface area (Å²) in [5.74, 6) is -1.01. The van der Waals surface area contributed by atoms with E-state index >= 15 is 0 Å². The number of phosphoric ester groups is 2. The van der Waals surface area contributed by atoms with Crippen molar-refractivity contribution in [3.8, 4) is 0 Å². The first-order chi connectivity index (χ1) is 27.4. The number of hydrogen-bond acceptors (Lipinski definition) is 13. The van der Waals surface area contributed by atoms with E-state index in [1.54, 1.807) is 12.2 Å². The van der Waals surface area contributed by atoms with Gasteiger partial charge in [-0.3, -0.25) is 23.2 Å². The molecule has 0 aromatic rings. The van der Waals surface area contributed by atoms with Crippen LogP contribution in [0.1, 0.15) is 143 Å². The number of allylic oxidation sites excluding steroid dienone is 2. The summed E-state index contributed by atoms with van der Waals surface area (Å²) in [5, 5.41) is 41.0. The van der Waals surface area contributed by atoms with Crippen LogP contribution in [0.25, 0.3) is 0 Å². The van der Waals surface area contributed by atoms with Gasteiger partial charge in [0, 0.05) is 25.2 Å². The number of aliphatic hydroxyl groups is 4. The molecule has 340 valence electrons. The largest absolute Gasteiger partial charge is 0.472 e. The third-order valence-corrected chi connectivity index (χ3v) is 11.3. The van der Waals surface area contributed by atoms with E-state index in [2.05, 4.69) is 29.8 Å². The number of rotatable bonds is 35. The highest BCUT2D eigenvalue weighted by atomic mass is 31.2. The third-order valence-electron chi connectivity index (χ3n) is 9.83. The number of ether oxygens (including phenoxy) is 2. The maximum absolute atomic E-state index is 12.7. The van der Waals surface area contributed by atoms with Gasteiger partial charge in [-0.05, 0) is 43.9 Å². The lowest BCUT2D eigenvalue weighted by molar-refractivity contribution is -0.161. The van der Waals surface area contributed by atoms with Crippen LogP contribution in [-0.4, -0.2) is 104 Å². The quantitative estimate of drug-likeness (QED) is 0.0154. The summed E-state index contributed by atoms with van der Waals surface area (Å²) < 4.78 is 47.7. The van der Waals surface area contributed by atoms with Crippen LogP contribution >= 0.6 is 15.6 Å². The Morgan fingerprint density at radius 3 is 1.98 bits per heavy atom. The average Bonchev–Trinajstić information content (AvgIpc) is 3.42. The highest BCUT2D eigenvalue weighted by Gasteiger charge is 2.39. The fourth-order valence-electron chi connectivity index (χ4n) is 6.53. The molecule has 16 nitrogen and oxygen atoms in total. The molecule has 1 fully saturated rings. The van der Waals surface area contributed by atoms with Crippen LogP contribution in [0.3, 0.4) is 0 Å². The molecule has 0 heterocycles. The van der Waals surface area contributed by atoms with E-state index in [9.17, 15) is 44.0 Å². The first-order valence-electron chi connectivity index (χ1n) is 21.1. The second-order valence-electron chi connectivity index (χ2n) is 15.7. The molecule has 0 amide bonds. The van der Waals surface area contributed by atoms with Gasteiger partial charge in [0.05, 0.1) is 38.1 Å². The first-order valence-corrected chi connectivity index (χ1v) is 24.2. The monoisotopic (exact) mass is 872 g/mol. The number of unbranched alkanes of at least 4 members (excludes halogenated alkanes) is 10. The van der Waals surface area contributed by atoms with Gasteiger partial charge in [-0.2, -0.15) is 0 Å². The van der Waals surface area contributed by atoms with Crippen molar-refractivity contribution in [1.29, 1.82) is 0 Å². The lowest BCUT2D eigenvalue weighted by atomic mass is 9.89. The minimum atomic E-state index is -4.89. The summed E-state index contributed by atoms with van der Waals surface area (Å²) in [6.45, 7) is 3.62. The number of esters is 2. The summed E-state index contributed by atoms with van der Waals surface area (Å²) in [5.41, 5.74) is 0. The van der Waals surface area contributed by atoms with Gasteiger partial charge in [-0.15, -0.1) is 0 Å². The molecule has 1 aliphatic carbocycles. The van der Waals surface area contributed by atoms with Crippen LogP contribution in [0.15, 0.2) is 24.3 Å². The van der Waals surface area contributed by atoms with E-state index in [-0.39, 0.29) is 31.1 Å². The summed E-state index contributed by atoms with van der Waals surface area (Å²) in [4.78, 5) is 52.8. The van der Waals surface area contributed by atoms with Crippen LogP contribution in [0, 0.1) is 17.8 Å². The zero-order chi connectivity index (χ0) is 43.4. The van der Waals surface area contributed by atoms with Crippen molar-refractivity contribution in [2.24, 2.45) is 17.8 Å². The fraction of sp³-hybridized carbons (Fsp3) is 0.850. The lowest BCUT2D eigenvalue weighted by Crippen LogP contribution is -2.29. The SMILES string of the molecule is CCCCC[C@H](O)/C=C/[C@@H]1[C@@H](C/C=C/CCCC(=O)O[C@H](COC(=O)CCCCCCCCCCC(C)C)COP(=O)(O)OC[C@@H](O)COP(=O)(O)O)[C@@H](O)C[C@H]1O. The summed E-state index contributed by atoms with van der Waals surface area (Å²) in [6.07, 6.45) is 17.3. The smallest absolute Gasteiger partial charge is 0.462 e. The Bertz CT molecular complexity index is 1260. The number of phosphoric acid groups is 2. The maximum Gasteiger partial charge on any atom is 0.472 e.